The number of nitrogens with one attached hydrogen (secondary N) is 1. The third kappa shape index (κ3) is 10.4. The predicted octanol–water partition coefficient (Wildman–Crippen LogP) is 9.38. The molecule has 0 saturated carbocycles. The summed E-state index contributed by atoms with van der Waals surface area (Å²) < 4.78 is 8.08. The van der Waals surface area contributed by atoms with Gasteiger partial charge in [0.25, 0.3) is 5.91 Å². The molecule has 3 rings (SSSR count). The zero-order valence-corrected chi connectivity index (χ0v) is 24.7. The molecule has 0 atom stereocenters. The van der Waals surface area contributed by atoms with E-state index in [1.54, 1.807) is 29.5 Å². The van der Waals surface area contributed by atoms with Crippen molar-refractivity contribution in [2.24, 2.45) is 0 Å². The Kier molecular flexibility index (Phi) is 13.7. The van der Waals surface area contributed by atoms with E-state index in [2.05, 4.69) is 34.6 Å². The molecule has 0 radical (unpaired) electrons. The summed E-state index contributed by atoms with van der Waals surface area (Å²) in [6.45, 7) is 5.71. The highest BCUT2D eigenvalue weighted by Crippen LogP contribution is 2.27. The van der Waals surface area contributed by atoms with Gasteiger partial charge in [0.05, 0.1) is 22.7 Å². The number of para-hydroxylation sites is 1. The van der Waals surface area contributed by atoms with Crippen molar-refractivity contribution in [2.45, 2.75) is 97.4 Å². The van der Waals surface area contributed by atoms with Gasteiger partial charge in [-0.1, -0.05) is 119 Å². The average molecular weight is 556 g/mol. The molecule has 206 valence electrons. The van der Waals surface area contributed by atoms with E-state index in [1.165, 1.54) is 76.3 Å². The van der Waals surface area contributed by atoms with Crippen LogP contribution < -0.4 is 14.6 Å². The lowest BCUT2D eigenvalue weighted by molar-refractivity contribution is -0.689. The molecule has 1 N–H and O–H groups in total. The molecule has 0 fully saturated rings. The van der Waals surface area contributed by atoms with Gasteiger partial charge >= 0.3 is 0 Å². The van der Waals surface area contributed by atoms with Crippen LogP contribution in [0, 0.1) is 6.92 Å². The normalized spacial score (nSPS) is 11.0. The summed E-state index contributed by atoms with van der Waals surface area (Å²) in [5.74, 6) is 0.454. The minimum Gasteiger partial charge on any atom is -0.492 e. The van der Waals surface area contributed by atoms with E-state index in [0.717, 1.165) is 17.7 Å². The Bertz CT molecular complexity index is 1110. The van der Waals surface area contributed by atoms with Crippen LogP contribution >= 0.6 is 22.9 Å². The minimum atomic E-state index is -0.182. The fourth-order valence-corrected chi connectivity index (χ4v) is 5.57. The number of rotatable bonds is 18. The zero-order chi connectivity index (χ0) is 27.0. The molecule has 3 aromatic rings. The number of nitrogens with zero attached hydrogens (tertiary/aromatic N) is 1. The fourth-order valence-electron chi connectivity index (χ4n) is 4.56. The number of aromatic nitrogens is 1. The van der Waals surface area contributed by atoms with Crippen LogP contribution in [-0.2, 0) is 6.54 Å². The van der Waals surface area contributed by atoms with Crippen LogP contribution in [0.1, 0.15) is 106 Å². The number of thiazole rings is 1. The SMILES string of the molecule is CCCCCCCCCCCCCCOc1ccc(C(=O)Nc2ccccc2C[n+]2cscc2C)cc1Cl. The Balaban J connectivity index is 1.36. The van der Waals surface area contributed by atoms with Gasteiger partial charge in [0.15, 0.2) is 12.2 Å². The Morgan fingerprint density at radius 3 is 2.21 bits per heavy atom. The third-order valence-corrected chi connectivity index (χ3v) is 8.08. The first-order valence-electron chi connectivity index (χ1n) is 14.3. The van der Waals surface area contributed by atoms with Crippen molar-refractivity contribution in [1.82, 2.24) is 0 Å². The van der Waals surface area contributed by atoms with Crippen molar-refractivity contribution in [2.75, 3.05) is 11.9 Å². The number of benzene rings is 2. The van der Waals surface area contributed by atoms with Crippen molar-refractivity contribution in [1.29, 1.82) is 0 Å². The Labute approximate surface area is 238 Å². The van der Waals surface area contributed by atoms with Crippen LogP contribution in [0.3, 0.4) is 0 Å². The predicted molar refractivity (Wildman–Crippen MR) is 161 cm³/mol. The first-order valence-corrected chi connectivity index (χ1v) is 15.6. The first kappa shape index (κ1) is 30.2. The monoisotopic (exact) mass is 555 g/mol. The van der Waals surface area contributed by atoms with E-state index in [0.29, 0.717) is 29.5 Å². The molecule has 1 aromatic heterocycles. The summed E-state index contributed by atoms with van der Waals surface area (Å²) in [6.07, 6.45) is 15.8. The second kappa shape index (κ2) is 17.3. The maximum atomic E-state index is 13.0. The number of unbranched alkanes of at least 4 members (excludes halogenated alkanes) is 11. The Morgan fingerprint density at radius 1 is 0.921 bits per heavy atom. The molecule has 0 unspecified atom stereocenters. The van der Waals surface area contributed by atoms with Crippen LogP contribution in [0.2, 0.25) is 5.02 Å². The highest BCUT2D eigenvalue weighted by molar-refractivity contribution is 7.07. The molecule has 1 amide bonds. The molecular weight excluding hydrogens is 512 g/mol. The molecule has 38 heavy (non-hydrogen) atoms. The maximum absolute atomic E-state index is 13.0. The van der Waals surface area contributed by atoms with Gasteiger partial charge in [-0.2, -0.15) is 4.57 Å². The standard InChI is InChI=1S/C32H43ClN2O2S/c1-3-4-5-6-7-8-9-10-11-12-13-16-21-37-31-20-19-27(22-29(31)33)32(36)34-30-18-15-14-17-28(30)23-35-25-38-24-26(35)2/h14-15,17-20,22,24-25H,3-13,16,21,23H2,1-2H3/p+1. The van der Waals surface area contributed by atoms with Gasteiger partial charge in [0, 0.05) is 18.1 Å². The van der Waals surface area contributed by atoms with E-state index in [4.69, 9.17) is 16.3 Å². The highest BCUT2D eigenvalue weighted by atomic mass is 35.5. The number of amides is 1. The van der Waals surface area contributed by atoms with E-state index in [-0.39, 0.29) is 5.91 Å². The summed E-state index contributed by atoms with van der Waals surface area (Å²) in [6, 6.07) is 13.2. The summed E-state index contributed by atoms with van der Waals surface area (Å²) in [7, 11) is 0. The third-order valence-electron chi connectivity index (χ3n) is 6.94. The van der Waals surface area contributed by atoms with Gasteiger partial charge in [-0.25, -0.2) is 0 Å². The number of hydrogen-bond acceptors (Lipinski definition) is 3. The van der Waals surface area contributed by atoms with Crippen LogP contribution in [0.4, 0.5) is 5.69 Å². The van der Waals surface area contributed by atoms with Crippen LogP contribution in [0.15, 0.2) is 53.4 Å². The summed E-state index contributed by atoms with van der Waals surface area (Å²) >= 11 is 8.13. The van der Waals surface area contributed by atoms with Crippen molar-refractivity contribution < 1.29 is 14.1 Å². The van der Waals surface area contributed by atoms with Crippen LogP contribution in [0.5, 0.6) is 5.75 Å². The highest BCUT2D eigenvalue weighted by Gasteiger charge is 2.15. The zero-order valence-electron chi connectivity index (χ0n) is 23.1. The van der Waals surface area contributed by atoms with Crippen molar-refractivity contribution in [3.8, 4) is 5.75 Å². The number of ether oxygens (including phenoxy) is 1. The molecule has 0 bridgehead atoms. The summed E-state index contributed by atoms with van der Waals surface area (Å²) in [5, 5.41) is 5.64. The second-order valence-electron chi connectivity index (χ2n) is 10.1. The molecule has 4 nitrogen and oxygen atoms in total. The molecule has 0 spiro atoms. The lowest BCUT2D eigenvalue weighted by Gasteiger charge is -2.11. The second-order valence-corrected chi connectivity index (χ2v) is 11.2. The fraction of sp³-hybridized carbons (Fsp3) is 0.500. The van der Waals surface area contributed by atoms with Crippen molar-refractivity contribution in [3.05, 3.63) is 75.2 Å². The molecule has 0 aliphatic rings. The average Bonchev–Trinajstić information content (AvgIpc) is 3.32. The number of anilines is 1. The summed E-state index contributed by atoms with van der Waals surface area (Å²) in [4.78, 5) is 13.0. The number of aryl methyl sites for hydroxylation is 1. The van der Waals surface area contributed by atoms with E-state index >= 15 is 0 Å². The van der Waals surface area contributed by atoms with E-state index in [9.17, 15) is 4.79 Å². The molecule has 6 heteroatoms. The van der Waals surface area contributed by atoms with Gasteiger partial charge in [-0.05, 0) is 30.7 Å². The molecule has 0 aliphatic carbocycles. The molecule has 2 aromatic carbocycles. The smallest absolute Gasteiger partial charge is 0.255 e. The molecule has 0 aliphatic heterocycles. The lowest BCUT2D eigenvalue weighted by Crippen LogP contribution is -2.34. The summed E-state index contributed by atoms with van der Waals surface area (Å²) in [5.41, 5.74) is 5.66. The molecule has 1 heterocycles. The van der Waals surface area contributed by atoms with Gasteiger partial charge in [0.2, 0.25) is 5.51 Å². The van der Waals surface area contributed by atoms with E-state index < -0.39 is 0 Å². The molecule has 0 saturated heterocycles. The van der Waals surface area contributed by atoms with Gasteiger partial charge in [-0.3, -0.25) is 4.79 Å². The number of carbonyl (C=O) groups is 1. The van der Waals surface area contributed by atoms with Gasteiger partial charge < -0.3 is 10.1 Å². The van der Waals surface area contributed by atoms with Crippen molar-refractivity contribution in [3.63, 3.8) is 0 Å². The number of halogens is 1. The van der Waals surface area contributed by atoms with Gasteiger partial charge in [-0.15, -0.1) is 0 Å². The first-order chi connectivity index (χ1) is 18.6. The lowest BCUT2D eigenvalue weighted by atomic mass is 10.1. The largest absolute Gasteiger partial charge is 0.492 e. The molecular formula is C32H44ClN2O2S+. The quantitative estimate of drug-likeness (QED) is 0.125. The van der Waals surface area contributed by atoms with Crippen LogP contribution in [-0.4, -0.2) is 12.5 Å². The minimum absolute atomic E-state index is 0.182. The Hall–Kier alpha value is -2.37. The van der Waals surface area contributed by atoms with E-state index in [1.807, 2.05) is 24.3 Å². The maximum Gasteiger partial charge on any atom is 0.255 e. The van der Waals surface area contributed by atoms with Crippen molar-refractivity contribution >= 4 is 34.5 Å². The Morgan fingerprint density at radius 2 is 1.58 bits per heavy atom. The number of carbonyl (C=O) groups excluding carboxylic acids is 1. The number of hydrogen-bond donors (Lipinski definition) is 1. The van der Waals surface area contributed by atoms with Gasteiger partial charge in [0.1, 0.15) is 5.75 Å². The van der Waals surface area contributed by atoms with Crippen LogP contribution in [0.25, 0.3) is 0 Å². The topological polar surface area (TPSA) is 42.2 Å².